The summed E-state index contributed by atoms with van der Waals surface area (Å²) in [5.74, 6) is -0.180. The smallest absolute Gasteiger partial charge is 0.260 e. The van der Waals surface area contributed by atoms with E-state index in [0.29, 0.717) is 43.5 Å². The van der Waals surface area contributed by atoms with Crippen LogP contribution in [0, 0.1) is 0 Å². The van der Waals surface area contributed by atoms with Gasteiger partial charge in [0.15, 0.2) is 5.13 Å². The molecule has 2 aliphatic rings. The van der Waals surface area contributed by atoms with E-state index in [1.807, 2.05) is 25.3 Å². The fraction of sp³-hybridized carbons (Fsp3) is 0.500. The second kappa shape index (κ2) is 14.0. The highest BCUT2D eigenvalue weighted by molar-refractivity contribution is 7.98. The van der Waals surface area contributed by atoms with Crippen LogP contribution in [0.3, 0.4) is 0 Å². The zero-order chi connectivity index (χ0) is 27.4. The SMILES string of the molecule is CCC1CCCCN1S(=O)(=O)c1ccc(C(=O)N(CCN2CCOCC2)c2nc3ccc(SC)cc3s2)cc1.Cl. The Bertz CT molecular complexity index is 1390. The molecule has 1 amide bonds. The molecule has 2 aromatic carbocycles. The standard InChI is InChI=1S/C28H36N4O4S3.ClH/c1-3-22-6-4-5-13-32(22)39(34,35)24-10-7-21(8-11-24)27(33)31(15-14-30-16-18-36-19-17-30)28-29-25-12-9-23(37-2)20-26(25)38-28;/h7-12,20,22H,3-6,13-19H2,1-2H3;1H. The highest BCUT2D eigenvalue weighted by Crippen LogP contribution is 2.33. The molecule has 12 heteroatoms. The molecule has 1 aromatic heterocycles. The number of hydrogen-bond acceptors (Lipinski definition) is 8. The van der Waals surface area contributed by atoms with Crippen LogP contribution in [-0.2, 0) is 14.8 Å². The second-order valence-corrected chi connectivity index (χ2v) is 13.7. The van der Waals surface area contributed by atoms with Crippen molar-refractivity contribution in [3.63, 3.8) is 0 Å². The first-order chi connectivity index (χ1) is 18.9. The molecule has 40 heavy (non-hydrogen) atoms. The van der Waals surface area contributed by atoms with Crippen LogP contribution < -0.4 is 4.90 Å². The third-order valence-electron chi connectivity index (χ3n) is 7.56. The number of fused-ring (bicyclic) bond motifs is 1. The van der Waals surface area contributed by atoms with Gasteiger partial charge in [0.25, 0.3) is 5.91 Å². The number of amides is 1. The molecule has 0 spiro atoms. The van der Waals surface area contributed by atoms with Gasteiger partial charge in [0.05, 0.1) is 28.3 Å². The summed E-state index contributed by atoms with van der Waals surface area (Å²) in [5, 5.41) is 0.650. The monoisotopic (exact) mass is 624 g/mol. The summed E-state index contributed by atoms with van der Waals surface area (Å²) in [5.41, 5.74) is 1.32. The number of ether oxygens (including phenoxy) is 1. The maximum Gasteiger partial charge on any atom is 0.260 e. The Hall–Kier alpha value is -1.73. The number of piperidine rings is 1. The number of morpholine rings is 1. The average Bonchev–Trinajstić information content (AvgIpc) is 3.40. The van der Waals surface area contributed by atoms with Gasteiger partial charge in [-0.05, 0) is 68.0 Å². The number of halogens is 1. The van der Waals surface area contributed by atoms with Crippen LogP contribution in [-0.4, -0.2) is 86.7 Å². The Labute approximate surface area is 251 Å². The van der Waals surface area contributed by atoms with Gasteiger partial charge in [-0.15, -0.1) is 24.2 Å². The van der Waals surface area contributed by atoms with E-state index >= 15 is 0 Å². The van der Waals surface area contributed by atoms with Crippen LogP contribution in [0.15, 0.2) is 52.3 Å². The number of nitrogens with zero attached hydrogens (tertiary/aromatic N) is 4. The molecule has 0 aliphatic carbocycles. The fourth-order valence-corrected chi connectivity index (χ4v) is 8.56. The van der Waals surface area contributed by atoms with Crippen LogP contribution in [0.4, 0.5) is 5.13 Å². The van der Waals surface area contributed by atoms with Crippen LogP contribution in [0.2, 0.25) is 0 Å². The number of hydrogen-bond donors (Lipinski definition) is 0. The number of anilines is 1. The van der Waals surface area contributed by atoms with E-state index in [4.69, 9.17) is 9.72 Å². The van der Waals surface area contributed by atoms with E-state index in [-0.39, 0.29) is 29.3 Å². The van der Waals surface area contributed by atoms with Crippen molar-refractivity contribution in [2.75, 3.05) is 57.1 Å². The van der Waals surface area contributed by atoms with Crippen molar-refractivity contribution in [1.29, 1.82) is 0 Å². The van der Waals surface area contributed by atoms with Gasteiger partial charge >= 0.3 is 0 Å². The molecule has 8 nitrogen and oxygen atoms in total. The maximum absolute atomic E-state index is 13.9. The first-order valence-electron chi connectivity index (χ1n) is 13.6. The van der Waals surface area contributed by atoms with E-state index in [0.717, 1.165) is 53.9 Å². The number of thiazole rings is 1. The topological polar surface area (TPSA) is 83.1 Å². The molecule has 2 aliphatic heterocycles. The lowest BCUT2D eigenvalue weighted by atomic mass is 10.0. The molecule has 2 fully saturated rings. The minimum Gasteiger partial charge on any atom is -0.379 e. The van der Waals surface area contributed by atoms with Crippen LogP contribution >= 0.6 is 35.5 Å². The number of aromatic nitrogens is 1. The third kappa shape index (κ3) is 6.83. The summed E-state index contributed by atoms with van der Waals surface area (Å²) in [6, 6.07) is 12.6. The van der Waals surface area contributed by atoms with Crippen molar-refractivity contribution in [2.45, 2.75) is 48.4 Å². The first kappa shape index (κ1) is 31.2. The molecule has 0 saturated carbocycles. The first-order valence-corrected chi connectivity index (χ1v) is 17.1. The van der Waals surface area contributed by atoms with Gasteiger partial charge in [0.1, 0.15) is 0 Å². The summed E-state index contributed by atoms with van der Waals surface area (Å²) >= 11 is 3.18. The van der Waals surface area contributed by atoms with Gasteiger partial charge in [0.2, 0.25) is 10.0 Å². The molecular formula is C28H37ClN4O4S3. The number of carbonyl (C=O) groups is 1. The highest BCUT2D eigenvalue weighted by atomic mass is 35.5. The van der Waals surface area contributed by atoms with E-state index < -0.39 is 10.0 Å². The van der Waals surface area contributed by atoms with Crippen molar-refractivity contribution in [2.24, 2.45) is 0 Å². The minimum absolute atomic E-state index is 0. The van der Waals surface area contributed by atoms with Gasteiger partial charge in [-0.1, -0.05) is 24.7 Å². The Morgan fingerprint density at radius 2 is 1.88 bits per heavy atom. The average molecular weight is 625 g/mol. The third-order valence-corrected chi connectivity index (χ3v) is 11.3. The maximum atomic E-state index is 13.9. The van der Waals surface area contributed by atoms with Gasteiger partial charge in [-0.2, -0.15) is 4.31 Å². The lowest BCUT2D eigenvalue weighted by Crippen LogP contribution is -2.43. The fourth-order valence-electron chi connectivity index (χ4n) is 5.24. The van der Waals surface area contributed by atoms with Gasteiger partial charge in [-0.25, -0.2) is 13.4 Å². The Balaban J connectivity index is 0.00000370. The quantitative estimate of drug-likeness (QED) is 0.296. The molecular weight excluding hydrogens is 588 g/mol. The van der Waals surface area contributed by atoms with Crippen molar-refractivity contribution < 1.29 is 17.9 Å². The molecule has 1 atom stereocenters. The highest BCUT2D eigenvalue weighted by Gasteiger charge is 2.33. The van der Waals surface area contributed by atoms with Gasteiger partial charge in [0, 0.05) is 49.2 Å². The number of thioether (sulfide) groups is 1. The van der Waals surface area contributed by atoms with Crippen molar-refractivity contribution in [3.8, 4) is 0 Å². The van der Waals surface area contributed by atoms with Crippen molar-refractivity contribution >= 4 is 66.8 Å². The zero-order valence-electron chi connectivity index (χ0n) is 23.0. The number of rotatable bonds is 9. The predicted molar refractivity (Wildman–Crippen MR) is 166 cm³/mol. The van der Waals surface area contributed by atoms with Gasteiger partial charge < -0.3 is 4.74 Å². The summed E-state index contributed by atoms with van der Waals surface area (Å²) in [6.07, 6.45) is 5.67. The van der Waals surface area contributed by atoms with E-state index in [9.17, 15) is 13.2 Å². The predicted octanol–water partition coefficient (Wildman–Crippen LogP) is 5.37. The normalized spacial score (nSPS) is 18.9. The van der Waals surface area contributed by atoms with Crippen molar-refractivity contribution in [3.05, 3.63) is 48.0 Å². The lowest BCUT2D eigenvalue weighted by Gasteiger charge is -2.34. The molecule has 5 rings (SSSR count). The summed E-state index contributed by atoms with van der Waals surface area (Å²) in [7, 11) is -3.61. The largest absolute Gasteiger partial charge is 0.379 e. The van der Waals surface area contributed by atoms with E-state index in [2.05, 4.69) is 11.0 Å². The number of carbonyl (C=O) groups excluding carboxylic acids is 1. The molecule has 1 unspecified atom stereocenters. The van der Waals surface area contributed by atoms with E-state index in [1.165, 1.54) is 11.3 Å². The summed E-state index contributed by atoms with van der Waals surface area (Å²) in [4.78, 5) is 24.1. The second-order valence-electron chi connectivity index (χ2n) is 9.94. The minimum atomic E-state index is -3.61. The lowest BCUT2D eigenvalue weighted by molar-refractivity contribution is 0.0391. The Morgan fingerprint density at radius 1 is 1.12 bits per heavy atom. The molecule has 2 saturated heterocycles. The van der Waals surface area contributed by atoms with Crippen molar-refractivity contribution in [1.82, 2.24) is 14.2 Å². The molecule has 0 bridgehead atoms. The number of sulfonamides is 1. The number of benzene rings is 2. The zero-order valence-corrected chi connectivity index (χ0v) is 26.2. The van der Waals surface area contributed by atoms with E-state index in [1.54, 1.807) is 45.2 Å². The molecule has 0 N–H and O–H groups in total. The molecule has 3 aromatic rings. The summed E-state index contributed by atoms with van der Waals surface area (Å²) in [6.45, 7) is 6.84. The molecule has 0 radical (unpaired) electrons. The van der Waals surface area contributed by atoms with Crippen LogP contribution in [0.5, 0.6) is 0 Å². The summed E-state index contributed by atoms with van der Waals surface area (Å²) < 4.78 is 35.0. The molecule has 218 valence electrons. The molecule has 3 heterocycles. The van der Waals surface area contributed by atoms with Crippen LogP contribution in [0.25, 0.3) is 10.2 Å². The van der Waals surface area contributed by atoms with Gasteiger partial charge in [-0.3, -0.25) is 14.6 Å². The van der Waals surface area contributed by atoms with Crippen LogP contribution in [0.1, 0.15) is 43.0 Å². The Morgan fingerprint density at radius 3 is 2.58 bits per heavy atom. The Kier molecular flexibility index (Phi) is 10.9.